The maximum absolute atomic E-state index is 4.24. The third-order valence-corrected chi connectivity index (χ3v) is 3.32. The largest absolute Gasteiger partial charge is 0.369 e. The van der Waals surface area contributed by atoms with Crippen LogP contribution in [-0.4, -0.2) is 48.6 Å². The van der Waals surface area contributed by atoms with E-state index in [1.54, 1.807) is 17.7 Å². The lowest BCUT2D eigenvalue weighted by Crippen LogP contribution is -2.29. The van der Waals surface area contributed by atoms with Crippen LogP contribution in [0.3, 0.4) is 0 Å². The van der Waals surface area contributed by atoms with Crippen molar-refractivity contribution >= 4 is 27.9 Å². The van der Waals surface area contributed by atoms with Gasteiger partial charge in [-0.1, -0.05) is 11.3 Å². The molecule has 0 aliphatic carbocycles. The summed E-state index contributed by atoms with van der Waals surface area (Å²) in [5.41, 5.74) is 0. The molecule has 0 bridgehead atoms. The van der Waals surface area contributed by atoms with Crippen LogP contribution in [0.5, 0.6) is 0 Å². The number of rotatable bonds is 3. The molecular weight excluding hydrogens is 222 g/mol. The van der Waals surface area contributed by atoms with Crippen LogP contribution in [0.15, 0.2) is 4.99 Å². The standard InChI is InChI=1S/C10H17N5S/c1-14(2)8-11-9-12-13-10(16-9)15-6-4-3-5-7-15/h8H,3-7H2,1-2H3/b11-8+. The summed E-state index contributed by atoms with van der Waals surface area (Å²) in [6, 6.07) is 0. The van der Waals surface area contributed by atoms with Gasteiger partial charge in [0.1, 0.15) is 0 Å². The molecule has 0 saturated carbocycles. The van der Waals surface area contributed by atoms with Crippen LogP contribution in [-0.2, 0) is 0 Å². The number of aliphatic imine (C=N–C) groups is 1. The first-order valence-corrected chi connectivity index (χ1v) is 6.36. The number of hydrogen-bond acceptors (Lipinski definition) is 5. The van der Waals surface area contributed by atoms with E-state index in [2.05, 4.69) is 20.1 Å². The number of nitrogens with zero attached hydrogens (tertiary/aromatic N) is 5. The van der Waals surface area contributed by atoms with Gasteiger partial charge >= 0.3 is 0 Å². The highest BCUT2D eigenvalue weighted by Crippen LogP contribution is 2.27. The number of aromatic nitrogens is 2. The first-order chi connectivity index (χ1) is 7.75. The molecule has 0 unspecified atom stereocenters. The lowest BCUT2D eigenvalue weighted by atomic mass is 10.1. The molecule has 0 radical (unpaired) electrons. The predicted octanol–water partition coefficient (Wildman–Crippen LogP) is 1.75. The molecule has 16 heavy (non-hydrogen) atoms. The van der Waals surface area contributed by atoms with Crippen molar-refractivity contribution in [2.45, 2.75) is 19.3 Å². The zero-order valence-corrected chi connectivity index (χ0v) is 10.6. The summed E-state index contributed by atoms with van der Waals surface area (Å²) in [6.45, 7) is 2.21. The van der Waals surface area contributed by atoms with Crippen LogP contribution < -0.4 is 4.90 Å². The smallest absolute Gasteiger partial charge is 0.234 e. The summed E-state index contributed by atoms with van der Waals surface area (Å²) in [4.78, 5) is 8.43. The summed E-state index contributed by atoms with van der Waals surface area (Å²) in [7, 11) is 3.88. The fourth-order valence-corrected chi connectivity index (χ4v) is 2.38. The van der Waals surface area contributed by atoms with Crippen LogP contribution in [0.25, 0.3) is 0 Å². The third-order valence-electron chi connectivity index (χ3n) is 2.43. The van der Waals surface area contributed by atoms with Gasteiger partial charge in [-0.15, -0.1) is 10.2 Å². The Morgan fingerprint density at radius 3 is 2.69 bits per heavy atom. The normalized spacial score (nSPS) is 17.0. The van der Waals surface area contributed by atoms with E-state index < -0.39 is 0 Å². The van der Waals surface area contributed by atoms with Gasteiger partial charge in [0.2, 0.25) is 10.3 Å². The second-order valence-corrected chi connectivity index (χ2v) is 5.06. The van der Waals surface area contributed by atoms with Gasteiger partial charge in [0.05, 0.1) is 6.34 Å². The van der Waals surface area contributed by atoms with Crippen LogP contribution >= 0.6 is 11.3 Å². The fraction of sp³-hybridized carbons (Fsp3) is 0.700. The minimum atomic E-state index is 0.731. The lowest BCUT2D eigenvalue weighted by Gasteiger charge is -2.25. The summed E-state index contributed by atoms with van der Waals surface area (Å²) in [6.07, 6.45) is 5.60. The van der Waals surface area contributed by atoms with Crippen molar-refractivity contribution in [1.29, 1.82) is 0 Å². The molecule has 0 N–H and O–H groups in total. The van der Waals surface area contributed by atoms with Crippen LogP contribution in [0.4, 0.5) is 10.3 Å². The van der Waals surface area contributed by atoms with Crippen molar-refractivity contribution in [1.82, 2.24) is 15.1 Å². The molecule has 2 rings (SSSR count). The maximum Gasteiger partial charge on any atom is 0.234 e. The van der Waals surface area contributed by atoms with E-state index in [1.165, 1.54) is 19.3 Å². The number of anilines is 1. The molecule has 0 atom stereocenters. The SMILES string of the molecule is CN(C)/C=N/c1nnc(N2CCCCC2)s1. The van der Waals surface area contributed by atoms with E-state index in [-0.39, 0.29) is 0 Å². The summed E-state index contributed by atoms with van der Waals surface area (Å²) < 4.78 is 0. The van der Waals surface area contributed by atoms with Crippen molar-refractivity contribution in [3.05, 3.63) is 0 Å². The Labute approximate surface area is 99.8 Å². The van der Waals surface area contributed by atoms with Gasteiger partial charge in [0, 0.05) is 27.2 Å². The van der Waals surface area contributed by atoms with Crippen molar-refractivity contribution in [3.63, 3.8) is 0 Å². The number of piperidine rings is 1. The summed E-state index contributed by atoms with van der Waals surface area (Å²) >= 11 is 1.56. The van der Waals surface area contributed by atoms with Crippen molar-refractivity contribution in [2.24, 2.45) is 4.99 Å². The van der Waals surface area contributed by atoms with E-state index in [0.717, 1.165) is 23.4 Å². The molecular formula is C10H17N5S. The molecule has 1 fully saturated rings. The number of hydrogen-bond donors (Lipinski definition) is 0. The molecule has 2 heterocycles. The minimum absolute atomic E-state index is 0.731. The van der Waals surface area contributed by atoms with Crippen LogP contribution in [0.2, 0.25) is 0 Å². The first kappa shape index (κ1) is 11.3. The topological polar surface area (TPSA) is 44.6 Å². The van der Waals surface area contributed by atoms with E-state index >= 15 is 0 Å². The zero-order valence-electron chi connectivity index (χ0n) is 9.76. The zero-order chi connectivity index (χ0) is 11.4. The van der Waals surface area contributed by atoms with Crippen LogP contribution in [0, 0.1) is 0 Å². The van der Waals surface area contributed by atoms with Gasteiger partial charge in [-0.25, -0.2) is 4.99 Å². The Hall–Kier alpha value is -1.17. The van der Waals surface area contributed by atoms with E-state index in [0.29, 0.717) is 0 Å². The van der Waals surface area contributed by atoms with Crippen molar-refractivity contribution < 1.29 is 0 Å². The average molecular weight is 239 g/mol. The highest BCUT2D eigenvalue weighted by atomic mass is 32.1. The molecule has 1 aliphatic heterocycles. The van der Waals surface area contributed by atoms with E-state index in [9.17, 15) is 0 Å². The third kappa shape index (κ3) is 2.91. The molecule has 88 valence electrons. The van der Waals surface area contributed by atoms with Crippen LogP contribution in [0.1, 0.15) is 19.3 Å². The summed E-state index contributed by atoms with van der Waals surface area (Å²) in [5, 5.41) is 9.98. The molecule has 1 aliphatic rings. The van der Waals surface area contributed by atoms with Crippen molar-refractivity contribution in [2.75, 3.05) is 32.1 Å². The fourth-order valence-electron chi connectivity index (χ4n) is 1.64. The van der Waals surface area contributed by atoms with E-state index in [1.807, 2.05) is 19.0 Å². The lowest BCUT2D eigenvalue weighted by molar-refractivity contribution is 0.575. The minimum Gasteiger partial charge on any atom is -0.369 e. The molecule has 5 nitrogen and oxygen atoms in total. The Morgan fingerprint density at radius 1 is 1.25 bits per heavy atom. The predicted molar refractivity (Wildman–Crippen MR) is 67.8 cm³/mol. The molecule has 0 amide bonds. The van der Waals surface area contributed by atoms with E-state index in [4.69, 9.17) is 0 Å². The molecule has 1 aromatic rings. The van der Waals surface area contributed by atoms with Crippen molar-refractivity contribution in [3.8, 4) is 0 Å². The molecule has 0 spiro atoms. The molecule has 6 heteroatoms. The quantitative estimate of drug-likeness (QED) is 0.595. The first-order valence-electron chi connectivity index (χ1n) is 5.55. The second-order valence-electron chi connectivity index (χ2n) is 4.12. The highest BCUT2D eigenvalue weighted by Gasteiger charge is 2.14. The Balaban J connectivity index is 2.01. The Morgan fingerprint density at radius 2 is 2.00 bits per heavy atom. The molecule has 0 aromatic carbocycles. The molecule has 1 aromatic heterocycles. The van der Waals surface area contributed by atoms with Gasteiger partial charge in [-0.3, -0.25) is 0 Å². The van der Waals surface area contributed by atoms with Gasteiger partial charge in [0.25, 0.3) is 0 Å². The average Bonchev–Trinajstić information content (AvgIpc) is 2.76. The molecule has 1 saturated heterocycles. The Kier molecular flexibility index (Phi) is 3.71. The van der Waals surface area contributed by atoms with Gasteiger partial charge in [-0.2, -0.15) is 0 Å². The highest BCUT2D eigenvalue weighted by molar-refractivity contribution is 7.18. The Bertz CT molecular complexity index is 354. The monoisotopic (exact) mass is 239 g/mol. The van der Waals surface area contributed by atoms with Gasteiger partial charge < -0.3 is 9.80 Å². The van der Waals surface area contributed by atoms with Gasteiger partial charge in [0.15, 0.2) is 0 Å². The van der Waals surface area contributed by atoms with Gasteiger partial charge in [-0.05, 0) is 19.3 Å². The summed E-state index contributed by atoms with van der Waals surface area (Å²) in [5.74, 6) is 0. The second kappa shape index (κ2) is 5.25. The maximum atomic E-state index is 4.24.